The SMILES string of the molecule is CN(C)CCNC(=O)c1cnc(-c2cc(Oc3cccc(C=CC(=O)Nc4cccc(C(F)(F)F)c4)c3)ccn2)[nH]1. The number of benzene rings is 2. The first-order valence-corrected chi connectivity index (χ1v) is 12.5. The van der Waals surface area contributed by atoms with Crippen molar-refractivity contribution in [2.24, 2.45) is 0 Å². The maximum atomic E-state index is 12.9. The van der Waals surface area contributed by atoms with Crippen molar-refractivity contribution in [1.82, 2.24) is 25.2 Å². The summed E-state index contributed by atoms with van der Waals surface area (Å²) in [5.41, 5.74) is 0.596. The Labute approximate surface area is 234 Å². The highest BCUT2D eigenvalue weighted by Crippen LogP contribution is 2.30. The van der Waals surface area contributed by atoms with E-state index in [1.54, 1.807) is 42.6 Å². The molecule has 41 heavy (non-hydrogen) atoms. The summed E-state index contributed by atoms with van der Waals surface area (Å²) in [6.07, 6.45) is 1.22. The van der Waals surface area contributed by atoms with Crippen LogP contribution in [-0.4, -0.2) is 58.9 Å². The normalized spacial score (nSPS) is 11.6. The van der Waals surface area contributed by atoms with Gasteiger partial charge >= 0.3 is 6.18 Å². The van der Waals surface area contributed by atoms with Crippen LogP contribution in [0, 0.1) is 0 Å². The molecule has 0 spiro atoms. The minimum Gasteiger partial charge on any atom is -0.457 e. The molecule has 0 saturated carbocycles. The summed E-state index contributed by atoms with van der Waals surface area (Å²) < 4.78 is 44.7. The van der Waals surface area contributed by atoms with E-state index < -0.39 is 17.6 Å². The number of carbonyl (C=O) groups is 2. The standard InChI is InChI=1S/C29H27F3N6O3/c1-38(2)14-13-34-28(40)25-18-35-27(37-25)24-17-23(11-12-33-24)41-22-8-3-5-19(15-22)9-10-26(39)36-21-7-4-6-20(16-21)29(30,31)32/h3-12,15-18H,13-14H2,1-2H3,(H,34,40)(H,35,37)(H,36,39). The van der Waals surface area contributed by atoms with Crippen molar-refractivity contribution < 1.29 is 27.5 Å². The lowest BCUT2D eigenvalue weighted by Crippen LogP contribution is -2.31. The number of halogens is 3. The van der Waals surface area contributed by atoms with Gasteiger partial charge in [-0.15, -0.1) is 0 Å². The van der Waals surface area contributed by atoms with Gasteiger partial charge < -0.3 is 25.3 Å². The monoisotopic (exact) mass is 564 g/mol. The minimum absolute atomic E-state index is 0.0358. The zero-order valence-corrected chi connectivity index (χ0v) is 22.2. The van der Waals surface area contributed by atoms with Crippen molar-refractivity contribution in [2.45, 2.75) is 6.18 Å². The maximum Gasteiger partial charge on any atom is 0.416 e. The van der Waals surface area contributed by atoms with E-state index in [4.69, 9.17) is 4.74 Å². The summed E-state index contributed by atoms with van der Waals surface area (Å²) in [5, 5.41) is 5.24. The van der Waals surface area contributed by atoms with Gasteiger partial charge in [-0.2, -0.15) is 13.2 Å². The van der Waals surface area contributed by atoms with Gasteiger partial charge in [-0.3, -0.25) is 14.6 Å². The molecule has 12 heteroatoms. The van der Waals surface area contributed by atoms with Crippen LogP contribution in [0.5, 0.6) is 11.5 Å². The molecule has 0 radical (unpaired) electrons. The highest BCUT2D eigenvalue weighted by Gasteiger charge is 2.30. The Morgan fingerprint density at radius 3 is 2.59 bits per heavy atom. The number of likely N-dealkylation sites (N-methyl/N-ethyl adjacent to an activating group) is 1. The molecule has 0 aliphatic heterocycles. The highest BCUT2D eigenvalue weighted by molar-refractivity contribution is 6.02. The number of alkyl halides is 3. The van der Waals surface area contributed by atoms with E-state index in [9.17, 15) is 22.8 Å². The van der Waals surface area contributed by atoms with Gasteiger partial charge in [-0.1, -0.05) is 18.2 Å². The summed E-state index contributed by atoms with van der Waals surface area (Å²) >= 11 is 0. The van der Waals surface area contributed by atoms with Crippen LogP contribution >= 0.6 is 0 Å². The van der Waals surface area contributed by atoms with Gasteiger partial charge in [-0.05, 0) is 62.1 Å². The molecule has 3 N–H and O–H groups in total. The van der Waals surface area contributed by atoms with Crippen LogP contribution < -0.4 is 15.4 Å². The Kier molecular flexibility index (Phi) is 9.15. The summed E-state index contributed by atoms with van der Waals surface area (Å²) in [6.45, 7) is 1.20. The van der Waals surface area contributed by atoms with Crippen LogP contribution in [0.2, 0.25) is 0 Å². The lowest BCUT2D eigenvalue weighted by molar-refractivity contribution is -0.137. The summed E-state index contributed by atoms with van der Waals surface area (Å²) in [7, 11) is 3.83. The first kappa shape index (κ1) is 29.0. The van der Waals surface area contributed by atoms with Crippen molar-refractivity contribution in [3.63, 3.8) is 0 Å². The van der Waals surface area contributed by atoms with Gasteiger partial charge in [0.05, 0.1) is 11.8 Å². The van der Waals surface area contributed by atoms with E-state index >= 15 is 0 Å². The number of H-pyrrole nitrogens is 1. The van der Waals surface area contributed by atoms with Crippen LogP contribution in [0.15, 0.2) is 79.1 Å². The van der Waals surface area contributed by atoms with E-state index in [1.807, 2.05) is 19.0 Å². The molecule has 4 aromatic rings. The molecule has 2 amide bonds. The van der Waals surface area contributed by atoms with Gasteiger partial charge in [-0.25, -0.2) is 4.98 Å². The molecule has 2 aromatic carbocycles. The van der Waals surface area contributed by atoms with Crippen LogP contribution in [0.1, 0.15) is 21.6 Å². The Morgan fingerprint density at radius 2 is 1.80 bits per heavy atom. The van der Waals surface area contributed by atoms with Gasteiger partial charge in [0.25, 0.3) is 5.91 Å². The third-order valence-electron chi connectivity index (χ3n) is 5.62. The molecule has 212 valence electrons. The summed E-state index contributed by atoms with van der Waals surface area (Å²) in [4.78, 5) is 38.1. The Hall–Kier alpha value is -4.97. The number of amides is 2. The molecule has 2 heterocycles. The number of anilines is 1. The largest absolute Gasteiger partial charge is 0.457 e. The number of rotatable bonds is 10. The predicted molar refractivity (Wildman–Crippen MR) is 148 cm³/mol. The third-order valence-corrected chi connectivity index (χ3v) is 5.62. The van der Waals surface area contributed by atoms with Crippen molar-refractivity contribution in [3.05, 3.63) is 96.0 Å². The fraction of sp³-hybridized carbons (Fsp3) is 0.172. The van der Waals surface area contributed by atoms with E-state index in [0.29, 0.717) is 47.4 Å². The molecule has 9 nitrogen and oxygen atoms in total. The quantitative estimate of drug-likeness (QED) is 0.228. The number of pyridine rings is 1. The number of imidazole rings is 1. The first-order chi connectivity index (χ1) is 19.6. The number of nitrogens with zero attached hydrogens (tertiary/aromatic N) is 3. The number of carbonyl (C=O) groups excluding carboxylic acids is 2. The van der Waals surface area contributed by atoms with Gasteiger partial charge in [0.2, 0.25) is 5.91 Å². The molecule has 0 saturated heterocycles. The Morgan fingerprint density at radius 1 is 1.02 bits per heavy atom. The lowest BCUT2D eigenvalue weighted by Gasteiger charge is -2.09. The van der Waals surface area contributed by atoms with Crippen molar-refractivity contribution in [2.75, 3.05) is 32.5 Å². The zero-order chi connectivity index (χ0) is 29.4. The molecule has 0 bridgehead atoms. The molecule has 0 unspecified atom stereocenters. The fourth-order valence-electron chi connectivity index (χ4n) is 3.61. The molecule has 0 atom stereocenters. The molecular weight excluding hydrogens is 537 g/mol. The number of aromatic nitrogens is 3. The molecule has 4 rings (SSSR count). The molecular formula is C29H27F3N6O3. The smallest absolute Gasteiger partial charge is 0.416 e. The van der Waals surface area contributed by atoms with Crippen LogP contribution in [0.4, 0.5) is 18.9 Å². The van der Waals surface area contributed by atoms with Crippen molar-refractivity contribution >= 4 is 23.6 Å². The topological polar surface area (TPSA) is 112 Å². The maximum absolute atomic E-state index is 12.9. The van der Waals surface area contributed by atoms with E-state index in [0.717, 1.165) is 12.1 Å². The second-order valence-corrected chi connectivity index (χ2v) is 9.16. The summed E-state index contributed by atoms with van der Waals surface area (Å²) in [5.74, 6) is 0.483. The van der Waals surface area contributed by atoms with Crippen molar-refractivity contribution in [3.8, 4) is 23.0 Å². The second-order valence-electron chi connectivity index (χ2n) is 9.16. The first-order valence-electron chi connectivity index (χ1n) is 12.5. The zero-order valence-electron chi connectivity index (χ0n) is 22.2. The van der Waals surface area contributed by atoms with Crippen LogP contribution in [-0.2, 0) is 11.0 Å². The molecule has 0 aliphatic carbocycles. The molecule has 0 fully saturated rings. The van der Waals surface area contributed by atoms with Crippen LogP contribution in [0.3, 0.4) is 0 Å². The highest BCUT2D eigenvalue weighted by atomic mass is 19.4. The van der Waals surface area contributed by atoms with Gasteiger partial charge in [0.1, 0.15) is 22.9 Å². The molecule has 2 aromatic heterocycles. The number of nitrogens with one attached hydrogen (secondary N) is 3. The lowest BCUT2D eigenvalue weighted by atomic mass is 10.2. The Bertz CT molecular complexity index is 1550. The second kappa shape index (κ2) is 12.9. The fourth-order valence-corrected chi connectivity index (χ4v) is 3.61. The van der Waals surface area contributed by atoms with E-state index in [2.05, 4.69) is 25.6 Å². The number of ether oxygens (including phenoxy) is 1. The number of hydrogen-bond donors (Lipinski definition) is 3. The molecule has 0 aliphatic rings. The Balaban J connectivity index is 1.38. The van der Waals surface area contributed by atoms with Crippen molar-refractivity contribution in [1.29, 1.82) is 0 Å². The van der Waals surface area contributed by atoms with E-state index in [1.165, 1.54) is 30.5 Å². The number of hydrogen-bond acceptors (Lipinski definition) is 6. The third kappa shape index (κ3) is 8.51. The van der Waals surface area contributed by atoms with Gasteiger partial charge in [0, 0.05) is 37.1 Å². The predicted octanol–water partition coefficient (Wildman–Crippen LogP) is 5.23. The van der Waals surface area contributed by atoms with Crippen LogP contribution in [0.25, 0.3) is 17.6 Å². The van der Waals surface area contributed by atoms with E-state index in [-0.39, 0.29) is 11.6 Å². The number of aromatic amines is 1. The average Bonchev–Trinajstić information content (AvgIpc) is 3.43. The average molecular weight is 565 g/mol. The minimum atomic E-state index is -4.50. The van der Waals surface area contributed by atoms with Gasteiger partial charge in [0.15, 0.2) is 5.82 Å². The summed E-state index contributed by atoms with van der Waals surface area (Å²) in [6, 6.07) is 14.6.